The van der Waals surface area contributed by atoms with Crippen molar-refractivity contribution in [2.24, 2.45) is 0 Å². The summed E-state index contributed by atoms with van der Waals surface area (Å²) in [6.07, 6.45) is 0. The summed E-state index contributed by atoms with van der Waals surface area (Å²) in [6, 6.07) is 11.0. The van der Waals surface area contributed by atoms with Crippen LogP contribution in [0.25, 0.3) is 0 Å². The highest BCUT2D eigenvalue weighted by Gasteiger charge is 2.22. The first kappa shape index (κ1) is 24.3. The van der Waals surface area contributed by atoms with Gasteiger partial charge in [-0.3, -0.25) is 9.52 Å². The van der Waals surface area contributed by atoms with Gasteiger partial charge in [0, 0.05) is 24.5 Å². The molecule has 1 saturated heterocycles. The largest absolute Gasteiger partial charge is 0.495 e. The van der Waals surface area contributed by atoms with Crippen LogP contribution < -0.4 is 19.7 Å². The van der Waals surface area contributed by atoms with E-state index in [9.17, 15) is 9.00 Å². The fourth-order valence-electron chi connectivity index (χ4n) is 4.30. The lowest BCUT2D eigenvalue weighted by Crippen LogP contribution is -2.37. The Hall–Kier alpha value is -2.88. The number of hydrogen-bond acceptors (Lipinski definition) is 6. The number of nitrogens with one attached hydrogen (secondary N) is 2. The van der Waals surface area contributed by atoms with Crippen LogP contribution in [-0.2, 0) is 15.7 Å². The van der Waals surface area contributed by atoms with Crippen molar-refractivity contribution in [3.05, 3.63) is 63.3 Å². The van der Waals surface area contributed by atoms with Gasteiger partial charge in [0.05, 0.1) is 26.0 Å². The van der Waals surface area contributed by atoms with Crippen molar-refractivity contribution >= 4 is 45.3 Å². The molecular formula is C25H29N3O4S2. The number of hydrogen-bond donors (Lipinski definition) is 2. The molecule has 34 heavy (non-hydrogen) atoms. The van der Waals surface area contributed by atoms with Crippen LogP contribution in [-0.4, -0.2) is 43.5 Å². The van der Waals surface area contributed by atoms with E-state index in [4.69, 9.17) is 9.47 Å². The second-order valence-corrected chi connectivity index (χ2v) is 10.2. The first-order valence-electron chi connectivity index (χ1n) is 11.0. The van der Waals surface area contributed by atoms with Gasteiger partial charge in [0.2, 0.25) is 0 Å². The van der Waals surface area contributed by atoms with Crippen molar-refractivity contribution in [1.29, 1.82) is 0 Å². The van der Waals surface area contributed by atoms with Crippen LogP contribution in [0.1, 0.15) is 26.4 Å². The van der Waals surface area contributed by atoms with Gasteiger partial charge in [0.15, 0.2) is 11.0 Å². The van der Waals surface area contributed by atoms with Crippen LogP contribution >= 0.6 is 11.3 Å². The van der Waals surface area contributed by atoms with Gasteiger partial charge in [-0.1, -0.05) is 18.2 Å². The lowest BCUT2D eigenvalue weighted by molar-refractivity contribution is 0.103. The Morgan fingerprint density at radius 2 is 1.85 bits per heavy atom. The number of methoxy groups -OCH3 is 1. The number of benzene rings is 2. The summed E-state index contributed by atoms with van der Waals surface area (Å²) in [5.74, 6) is 0.286. The van der Waals surface area contributed by atoms with E-state index in [2.05, 4.69) is 27.9 Å². The Kier molecular flexibility index (Phi) is 7.55. The number of morpholine rings is 1. The number of amides is 1. The molecule has 0 aliphatic carbocycles. The first-order valence-corrected chi connectivity index (χ1v) is 13.1. The highest BCUT2D eigenvalue weighted by molar-refractivity contribution is 7.86. The Balaban J connectivity index is 1.58. The number of rotatable bonds is 7. The summed E-state index contributed by atoms with van der Waals surface area (Å²) in [6.45, 7) is 9.19. The minimum absolute atomic E-state index is 0.238. The molecular weight excluding hydrogens is 470 g/mol. The second kappa shape index (κ2) is 10.6. The molecule has 0 spiro atoms. The third kappa shape index (κ3) is 4.96. The third-order valence-electron chi connectivity index (χ3n) is 5.84. The van der Waals surface area contributed by atoms with E-state index < -0.39 is 11.0 Å². The Morgan fingerprint density at radius 1 is 1.12 bits per heavy atom. The summed E-state index contributed by atoms with van der Waals surface area (Å²) in [4.78, 5) is 16.6. The maximum absolute atomic E-state index is 13.3. The average Bonchev–Trinajstić information content (AvgIpc) is 3.30. The maximum atomic E-state index is 13.3. The summed E-state index contributed by atoms with van der Waals surface area (Å²) < 4.78 is 26.8. The van der Waals surface area contributed by atoms with Gasteiger partial charge in [-0.15, -0.1) is 11.3 Å². The molecule has 1 unspecified atom stereocenters. The predicted octanol–water partition coefficient (Wildman–Crippen LogP) is 4.91. The fraction of sp³-hybridized carbons (Fsp3) is 0.320. The molecule has 1 atom stereocenters. The molecule has 2 aromatic carbocycles. The molecule has 4 rings (SSSR count). The lowest BCUT2D eigenvalue weighted by atomic mass is 10.0. The number of carbonyl (C=O) groups excluding carboxylic acids is 1. The van der Waals surface area contributed by atoms with E-state index in [-0.39, 0.29) is 5.91 Å². The summed E-state index contributed by atoms with van der Waals surface area (Å²) >= 11 is 1.30. The van der Waals surface area contributed by atoms with E-state index in [1.165, 1.54) is 24.0 Å². The van der Waals surface area contributed by atoms with Gasteiger partial charge in [-0.2, -0.15) is 0 Å². The number of nitrogens with zero attached hydrogens (tertiary/aromatic N) is 1. The summed E-state index contributed by atoms with van der Waals surface area (Å²) in [5.41, 5.74) is 5.69. The highest BCUT2D eigenvalue weighted by atomic mass is 32.2. The van der Waals surface area contributed by atoms with E-state index in [1.54, 1.807) is 24.3 Å². The number of anilines is 3. The summed E-state index contributed by atoms with van der Waals surface area (Å²) in [7, 11) is -0.0447. The topological polar surface area (TPSA) is 79.9 Å². The van der Waals surface area contributed by atoms with E-state index >= 15 is 0 Å². The van der Waals surface area contributed by atoms with Gasteiger partial charge >= 0.3 is 0 Å². The molecule has 2 N–H and O–H groups in total. The van der Waals surface area contributed by atoms with Crippen molar-refractivity contribution in [1.82, 2.24) is 0 Å². The second-order valence-electron chi connectivity index (χ2n) is 8.10. The first-order chi connectivity index (χ1) is 16.4. The fourth-order valence-corrected chi connectivity index (χ4v) is 6.13. The number of para-hydroxylation sites is 1. The SMILES string of the molecule is COc1ccccc1S(=O)Nc1ccsc1C(=O)Nc1c(C)cc(C)c(N2CCOCC2)c1C. The molecule has 1 amide bonds. The number of carbonyl (C=O) groups is 1. The number of aryl methyl sites for hydroxylation is 2. The standard InChI is InChI=1S/C25H29N3O4S2/c1-16-15-17(2)23(28-10-12-32-13-11-28)18(3)22(16)26-25(29)24-19(9-14-33-24)27-34(30)21-8-6-5-7-20(21)31-4/h5-9,14-15,27H,10-13H2,1-4H3,(H,26,29). The van der Waals surface area contributed by atoms with Crippen molar-refractivity contribution in [3.8, 4) is 5.75 Å². The third-order valence-corrected chi connectivity index (χ3v) is 7.90. The number of thiophene rings is 1. The molecule has 9 heteroatoms. The average molecular weight is 500 g/mol. The zero-order valence-electron chi connectivity index (χ0n) is 19.8. The normalized spacial score (nSPS) is 14.5. The molecule has 2 heterocycles. The maximum Gasteiger partial charge on any atom is 0.267 e. The van der Waals surface area contributed by atoms with Crippen LogP contribution in [0.2, 0.25) is 0 Å². The van der Waals surface area contributed by atoms with Gasteiger partial charge in [0.25, 0.3) is 5.91 Å². The Bertz CT molecular complexity index is 1220. The molecule has 0 saturated carbocycles. The molecule has 0 radical (unpaired) electrons. The van der Waals surface area contributed by atoms with Gasteiger partial charge in [-0.25, -0.2) is 4.21 Å². The van der Waals surface area contributed by atoms with Crippen LogP contribution in [0.3, 0.4) is 0 Å². The zero-order valence-corrected chi connectivity index (χ0v) is 21.4. The number of ether oxygens (including phenoxy) is 2. The quantitative estimate of drug-likeness (QED) is 0.483. The van der Waals surface area contributed by atoms with Crippen molar-refractivity contribution < 1.29 is 18.5 Å². The summed E-state index contributed by atoms with van der Waals surface area (Å²) in [5, 5.41) is 4.92. The van der Waals surface area contributed by atoms with Gasteiger partial charge in [-0.05, 0) is 61.0 Å². The molecule has 180 valence electrons. The molecule has 0 bridgehead atoms. The van der Waals surface area contributed by atoms with Crippen molar-refractivity contribution in [3.63, 3.8) is 0 Å². The molecule has 1 fully saturated rings. The predicted molar refractivity (Wildman–Crippen MR) is 139 cm³/mol. The zero-order chi connectivity index (χ0) is 24.2. The molecule has 3 aromatic rings. The molecule has 1 aliphatic rings. The van der Waals surface area contributed by atoms with Gasteiger partial charge in [0.1, 0.15) is 15.5 Å². The van der Waals surface area contributed by atoms with Crippen LogP contribution in [0, 0.1) is 20.8 Å². The smallest absolute Gasteiger partial charge is 0.267 e. The lowest BCUT2D eigenvalue weighted by Gasteiger charge is -2.32. The Labute approximate surface area is 206 Å². The molecule has 1 aromatic heterocycles. The van der Waals surface area contributed by atoms with E-state index in [0.29, 0.717) is 34.4 Å². The van der Waals surface area contributed by atoms with Gasteiger partial charge < -0.3 is 19.7 Å². The minimum Gasteiger partial charge on any atom is -0.495 e. The monoisotopic (exact) mass is 499 g/mol. The highest BCUT2D eigenvalue weighted by Crippen LogP contribution is 2.35. The van der Waals surface area contributed by atoms with Crippen molar-refractivity contribution in [2.75, 3.05) is 48.4 Å². The molecule has 7 nitrogen and oxygen atoms in total. The van der Waals surface area contributed by atoms with Crippen LogP contribution in [0.15, 0.2) is 46.7 Å². The Morgan fingerprint density at radius 3 is 2.59 bits per heavy atom. The van der Waals surface area contributed by atoms with Crippen molar-refractivity contribution in [2.45, 2.75) is 25.7 Å². The van der Waals surface area contributed by atoms with E-state index in [1.807, 2.05) is 25.3 Å². The minimum atomic E-state index is -1.58. The van der Waals surface area contributed by atoms with Crippen LogP contribution in [0.4, 0.5) is 17.1 Å². The van der Waals surface area contributed by atoms with Crippen LogP contribution in [0.5, 0.6) is 5.75 Å². The van der Waals surface area contributed by atoms with E-state index in [0.717, 1.165) is 35.6 Å². The molecule has 1 aliphatic heterocycles.